The van der Waals surface area contributed by atoms with E-state index in [0.29, 0.717) is 6.54 Å². The summed E-state index contributed by atoms with van der Waals surface area (Å²) in [6.07, 6.45) is 0.288. The van der Waals surface area contributed by atoms with Gasteiger partial charge in [0.1, 0.15) is 0 Å². The number of ether oxygens (including phenoxy) is 1. The van der Waals surface area contributed by atoms with Crippen LogP contribution >= 0.6 is 0 Å². The third kappa shape index (κ3) is 5.76. The minimum absolute atomic E-state index is 0.288. The summed E-state index contributed by atoms with van der Waals surface area (Å²) in [5, 5.41) is 3.14. The number of nitrogens with two attached hydrogens (primary N) is 1. The predicted molar refractivity (Wildman–Crippen MR) is 38.4 cm³/mol. The number of rotatable bonds is 5. The summed E-state index contributed by atoms with van der Waals surface area (Å²) in [4.78, 5) is 0. The number of methoxy groups -OCH3 is 1. The van der Waals surface area contributed by atoms with Crippen molar-refractivity contribution in [3.63, 3.8) is 0 Å². The van der Waals surface area contributed by atoms with E-state index in [0.717, 1.165) is 13.1 Å². The van der Waals surface area contributed by atoms with Crippen molar-refractivity contribution >= 4 is 0 Å². The Morgan fingerprint density at radius 3 is 2.78 bits per heavy atom. The second kappa shape index (κ2) is 6.01. The molecule has 0 spiro atoms. The van der Waals surface area contributed by atoms with E-state index in [9.17, 15) is 0 Å². The van der Waals surface area contributed by atoms with E-state index in [4.69, 9.17) is 10.5 Å². The van der Waals surface area contributed by atoms with Crippen LogP contribution in [-0.4, -0.2) is 32.8 Å². The van der Waals surface area contributed by atoms with E-state index in [-0.39, 0.29) is 6.10 Å². The molecule has 0 aliphatic rings. The molecular weight excluding hydrogens is 116 g/mol. The fraction of sp³-hybridized carbons (Fsp3) is 1.00. The molecule has 56 valence electrons. The minimum Gasteiger partial charge on any atom is -0.380 e. The Bertz CT molecular complexity index is 59.0. The lowest BCUT2D eigenvalue weighted by molar-refractivity contribution is 0.117. The molecule has 0 fully saturated rings. The van der Waals surface area contributed by atoms with E-state index in [1.807, 2.05) is 6.92 Å². The number of hydrogen-bond acceptors (Lipinski definition) is 3. The summed E-state index contributed by atoms with van der Waals surface area (Å²) in [7, 11) is 1.70. The summed E-state index contributed by atoms with van der Waals surface area (Å²) in [6, 6.07) is 0. The fourth-order valence-corrected chi connectivity index (χ4v) is 0.491. The second-order valence-electron chi connectivity index (χ2n) is 2.04. The molecule has 1 unspecified atom stereocenters. The molecular formula is C6H16N2O. The second-order valence-corrected chi connectivity index (χ2v) is 2.04. The number of hydrogen-bond donors (Lipinski definition) is 2. The maximum atomic E-state index is 5.25. The molecule has 0 aliphatic carbocycles. The first-order valence-corrected chi connectivity index (χ1v) is 3.24. The van der Waals surface area contributed by atoms with Crippen molar-refractivity contribution in [3.8, 4) is 0 Å². The molecule has 9 heavy (non-hydrogen) atoms. The van der Waals surface area contributed by atoms with Gasteiger partial charge in [-0.2, -0.15) is 0 Å². The topological polar surface area (TPSA) is 47.3 Å². The Morgan fingerprint density at radius 1 is 1.67 bits per heavy atom. The van der Waals surface area contributed by atoms with Crippen LogP contribution in [-0.2, 0) is 4.74 Å². The van der Waals surface area contributed by atoms with E-state index < -0.39 is 0 Å². The molecule has 0 amide bonds. The molecule has 0 aliphatic heterocycles. The Balaban J connectivity index is 2.88. The first-order valence-electron chi connectivity index (χ1n) is 3.24. The van der Waals surface area contributed by atoms with Gasteiger partial charge in [0.25, 0.3) is 0 Å². The van der Waals surface area contributed by atoms with E-state index in [1.54, 1.807) is 7.11 Å². The smallest absolute Gasteiger partial charge is 0.0667 e. The maximum absolute atomic E-state index is 5.25. The SMILES string of the molecule is COC(C)CNCCN. The molecule has 0 radical (unpaired) electrons. The van der Waals surface area contributed by atoms with Crippen molar-refractivity contribution in [3.05, 3.63) is 0 Å². The zero-order valence-electron chi connectivity index (χ0n) is 6.18. The van der Waals surface area contributed by atoms with Gasteiger partial charge in [0.05, 0.1) is 6.10 Å². The van der Waals surface area contributed by atoms with E-state index >= 15 is 0 Å². The zero-order chi connectivity index (χ0) is 7.11. The van der Waals surface area contributed by atoms with Crippen LogP contribution in [0.15, 0.2) is 0 Å². The molecule has 0 aromatic heterocycles. The Labute approximate surface area is 56.6 Å². The third-order valence-corrected chi connectivity index (χ3v) is 1.16. The summed E-state index contributed by atoms with van der Waals surface area (Å²) in [5.74, 6) is 0. The van der Waals surface area contributed by atoms with Gasteiger partial charge in [-0.05, 0) is 6.92 Å². The molecule has 0 aromatic rings. The van der Waals surface area contributed by atoms with Crippen LogP contribution in [0, 0.1) is 0 Å². The lowest BCUT2D eigenvalue weighted by atomic mass is 10.4. The average molecular weight is 132 g/mol. The van der Waals surface area contributed by atoms with Gasteiger partial charge in [0.15, 0.2) is 0 Å². The van der Waals surface area contributed by atoms with Gasteiger partial charge >= 0.3 is 0 Å². The van der Waals surface area contributed by atoms with Crippen LogP contribution in [0.1, 0.15) is 6.92 Å². The predicted octanol–water partition coefficient (Wildman–Crippen LogP) is -0.430. The highest BCUT2D eigenvalue weighted by Gasteiger charge is 1.94. The molecule has 3 nitrogen and oxygen atoms in total. The highest BCUT2D eigenvalue weighted by molar-refractivity contribution is 4.53. The van der Waals surface area contributed by atoms with E-state index in [1.165, 1.54) is 0 Å². The maximum Gasteiger partial charge on any atom is 0.0667 e. The van der Waals surface area contributed by atoms with Crippen LogP contribution in [0.3, 0.4) is 0 Å². The lowest BCUT2D eigenvalue weighted by Crippen LogP contribution is -2.30. The lowest BCUT2D eigenvalue weighted by Gasteiger charge is -2.08. The van der Waals surface area contributed by atoms with Gasteiger partial charge in [-0.3, -0.25) is 0 Å². The van der Waals surface area contributed by atoms with Crippen molar-refractivity contribution in [2.24, 2.45) is 5.73 Å². The summed E-state index contributed by atoms with van der Waals surface area (Å²) in [6.45, 7) is 4.46. The van der Waals surface area contributed by atoms with E-state index in [2.05, 4.69) is 5.32 Å². The largest absolute Gasteiger partial charge is 0.380 e. The monoisotopic (exact) mass is 132 g/mol. The molecule has 0 heterocycles. The van der Waals surface area contributed by atoms with Crippen LogP contribution in [0.2, 0.25) is 0 Å². The number of nitrogens with one attached hydrogen (secondary N) is 1. The van der Waals surface area contributed by atoms with Gasteiger partial charge in [-0.1, -0.05) is 0 Å². The van der Waals surface area contributed by atoms with Crippen molar-refractivity contribution in [2.75, 3.05) is 26.7 Å². The third-order valence-electron chi connectivity index (χ3n) is 1.16. The molecule has 3 N–H and O–H groups in total. The standard InChI is InChI=1S/C6H16N2O/c1-6(9-2)5-8-4-3-7/h6,8H,3-5,7H2,1-2H3. The first kappa shape index (κ1) is 8.88. The fourth-order valence-electron chi connectivity index (χ4n) is 0.491. The Hall–Kier alpha value is -0.120. The van der Waals surface area contributed by atoms with Crippen LogP contribution in [0.4, 0.5) is 0 Å². The minimum atomic E-state index is 0.288. The summed E-state index contributed by atoms with van der Waals surface area (Å²) >= 11 is 0. The van der Waals surface area contributed by atoms with Gasteiger partial charge in [0.2, 0.25) is 0 Å². The average Bonchev–Trinajstić information content (AvgIpc) is 1.89. The van der Waals surface area contributed by atoms with Gasteiger partial charge in [-0.25, -0.2) is 0 Å². The molecule has 0 aromatic carbocycles. The highest BCUT2D eigenvalue weighted by atomic mass is 16.5. The van der Waals surface area contributed by atoms with Crippen LogP contribution < -0.4 is 11.1 Å². The Kier molecular flexibility index (Phi) is 5.93. The highest BCUT2D eigenvalue weighted by Crippen LogP contribution is 1.81. The molecule has 1 atom stereocenters. The van der Waals surface area contributed by atoms with Crippen molar-refractivity contribution in [1.82, 2.24) is 5.32 Å². The molecule has 3 heteroatoms. The summed E-state index contributed by atoms with van der Waals surface area (Å²) < 4.78 is 4.99. The van der Waals surface area contributed by atoms with Crippen LogP contribution in [0.25, 0.3) is 0 Å². The van der Waals surface area contributed by atoms with Crippen molar-refractivity contribution < 1.29 is 4.74 Å². The Morgan fingerprint density at radius 2 is 2.33 bits per heavy atom. The molecule has 0 bridgehead atoms. The van der Waals surface area contributed by atoms with Crippen molar-refractivity contribution in [1.29, 1.82) is 0 Å². The molecule has 0 rings (SSSR count). The van der Waals surface area contributed by atoms with Crippen molar-refractivity contribution in [2.45, 2.75) is 13.0 Å². The van der Waals surface area contributed by atoms with Crippen LogP contribution in [0.5, 0.6) is 0 Å². The summed E-state index contributed by atoms with van der Waals surface area (Å²) in [5.41, 5.74) is 5.25. The quantitative estimate of drug-likeness (QED) is 0.499. The molecule has 0 saturated carbocycles. The zero-order valence-corrected chi connectivity index (χ0v) is 6.18. The van der Waals surface area contributed by atoms with Gasteiger partial charge in [-0.15, -0.1) is 0 Å². The molecule has 0 saturated heterocycles. The van der Waals surface area contributed by atoms with Gasteiger partial charge < -0.3 is 15.8 Å². The first-order chi connectivity index (χ1) is 4.31. The normalized spacial score (nSPS) is 13.7. The van der Waals surface area contributed by atoms with Gasteiger partial charge in [0, 0.05) is 26.7 Å².